The number of nitrogens with one attached hydrogen (secondary N) is 3. The highest BCUT2D eigenvalue weighted by atomic mass is 19.1. The van der Waals surface area contributed by atoms with Crippen LogP contribution in [0, 0.1) is 24.6 Å². The van der Waals surface area contributed by atoms with E-state index in [2.05, 4.69) is 32.5 Å². The first kappa shape index (κ1) is 26.1. The van der Waals surface area contributed by atoms with E-state index in [0.29, 0.717) is 51.8 Å². The van der Waals surface area contributed by atoms with E-state index >= 15 is 0 Å². The number of nitrogens with zero attached hydrogens (tertiary/aromatic N) is 2. The highest BCUT2D eigenvalue weighted by Crippen LogP contribution is 2.37. The molecule has 9 nitrogen and oxygen atoms in total. The number of halogens is 1. The van der Waals surface area contributed by atoms with E-state index in [9.17, 15) is 14.0 Å². The van der Waals surface area contributed by atoms with E-state index in [1.165, 1.54) is 25.6 Å². The molecule has 3 N–H and O–H groups in total. The lowest BCUT2D eigenvalue weighted by Crippen LogP contribution is -2.48. The maximum Gasteiger partial charge on any atom is 0.255 e. The van der Waals surface area contributed by atoms with Crippen molar-refractivity contribution in [1.29, 1.82) is 0 Å². The molecule has 2 fully saturated rings. The predicted octanol–water partition coefficient (Wildman–Crippen LogP) is 3.91. The van der Waals surface area contributed by atoms with Gasteiger partial charge in [-0.15, -0.1) is 0 Å². The lowest BCUT2D eigenvalue weighted by atomic mass is 9.82. The fourth-order valence-corrected chi connectivity index (χ4v) is 5.29. The summed E-state index contributed by atoms with van der Waals surface area (Å²) in [6, 6.07) is 4.44. The highest BCUT2D eigenvalue weighted by molar-refractivity contribution is 6.09. The number of benzene rings is 1. The van der Waals surface area contributed by atoms with Crippen LogP contribution in [-0.4, -0.2) is 59.2 Å². The van der Waals surface area contributed by atoms with Crippen LogP contribution in [0.4, 0.5) is 4.39 Å². The maximum absolute atomic E-state index is 14.3. The first-order chi connectivity index (χ1) is 18.3. The SMILES string of the molecule is COCC(=O)NC1CCC(NC(=O)c2c(C)[nH]c3c(-c4cc(F)ccc4OCC4CC4)ncnc23)CC1C. The van der Waals surface area contributed by atoms with Crippen molar-refractivity contribution >= 4 is 22.8 Å². The molecular weight excluding hydrogens is 489 g/mol. The molecule has 10 heteroatoms. The minimum absolute atomic E-state index is 0.0237. The van der Waals surface area contributed by atoms with Crippen LogP contribution in [0.2, 0.25) is 0 Å². The van der Waals surface area contributed by atoms with Crippen LogP contribution in [0.25, 0.3) is 22.3 Å². The summed E-state index contributed by atoms with van der Waals surface area (Å²) in [5, 5.41) is 6.18. The van der Waals surface area contributed by atoms with E-state index in [0.717, 1.165) is 32.1 Å². The standard InChI is InChI=1S/C28H34FN5O4/c1-15-10-19(7-8-21(15)34-23(35)13-37-3)33-28(36)24-16(2)32-27-25(30-14-31-26(24)27)20-11-18(29)6-9-22(20)38-12-17-4-5-17/h6,9,11,14-15,17,19,21,32H,4-5,7-8,10,12-13H2,1-3H3,(H,33,36)(H,34,35). The second-order valence-electron chi connectivity index (χ2n) is 10.5. The number of carbonyl (C=O) groups is 2. The van der Waals surface area contributed by atoms with Gasteiger partial charge in [-0.25, -0.2) is 14.4 Å². The number of fused-ring (bicyclic) bond motifs is 1. The molecule has 2 aromatic heterocycles. The van der Waals surface area contributed by atoms with E-state index < -0.39 is 5.82 Å². The number of hydrogen-bond acceptors (Lipinski definition) is 6. The van der Waals surface area contributed by atoms with Crippen LogP contribution in [0.15, 0.2) is 24.5 Å². The predicted molar refractivity (Wildman–Crippen MR) is 140 cm³/mol. The number of aryl methyl sites for hydroxylation is 1. The molecule has 0 bridgehead atoms. The molecule has 0 spiro atoms. The minimum atomic E-state index is -0.394. The largest absolute Gasteiger partial charge is 0.493 e. The number of aromatic amines is 1. The second kappa shape index (κ2) is 11.1. The molecule has 3 aromatic rings. The maximum atomic E-state index is 14.3. The number of carbonyl (C=O) groups excluding carboxylic acids is 2. The van der Waals surface area contributed by atoms with Crippen LogP contribution in [0.5, 0.6) is 5.75 Å². The summed E-state index contributed by atoms with van der Waals surface area (Å²) in [5.41, 5.74) is 3.16. The average Bonchev–Trinajstić information content (AvgIpc) is 3.64. The number of aromatic nitrogens is 3. The van der Waals surface area contributed by atoms with Gasteiger partial charge in [-0.2, -0.15) is 0 Å². The molecule has 2 heterocycles. The molecule has 0 aliphatic heterocycles. The van der Waals surface area contributed by atoms with Gasteiger partial charge in [-0.3, -0.25) is 9.59 Å². The molecule has 2 aliphatic rings. The smallest absolute Gasteiger partial charge is 0.255 e. The lowest BCUT2D eigenvalue weighted by molar-refractivity contribution is -0.126. The van der Waals surface area contributed by atoms with Gasteiger partial charge in [0.1, 0.15) is 35.7 Å². The molecule has 5 rings (SSSR count). The van der Waals surface area contributed by atoms with Crippen LogP contribution in [-0.2, 0) is 9.53 Å². The average molecular weight is 524 g/mol. The Labute approximate surface area is 220 Å². The molecule has 2 saturated carbocycles. The zero-order valence-corrected chi connectivity index (χ0v) is 22.0. The zero-order valence-electron chi connectivity index (χ0n) is 22.0. The first-order valence-electron chi connectivity index (χ1n) is 13.2. The Hall–Kier alpha value is -3.53. The van der Waals surface area contributed by atoms with Crippen molar-refractivity contribution in [3.05, 3.63) is 41.6 Å². The Morgan fingerprint density at radius 1 is 1.16 bits per heavy atom. The van der Waals surface area contributed by atoms with Gasteiger partial charge in [0, 0.05) is 30.5 Å². The summed E-state index contributed by atoms with van der Waals surface area (Å²) < 4.78 is 25.2. The third-order valence-corrected chi connectivity index (χ3v) is 7.49. The summed E-state index contributed by atoms with van der Waals surface area (Å²) in [6.45, 7) is 4.52. The summed E-state index contributed by atoms with van der Waals surface area (Å²) in [6.07, 6.45) is 5.95. The number of ether oxygens (including phenoxy) is 2. The molecule has 2 amide bonds. The third kappa shape index (κ3) is 5.65. The molecule has 0 saturated heterocycles. The number of rotatable bonds is 9. The van der Waals surface area contributed by atoms with Crippen LogP contribution in [0.3, 0.4) is 0 Å². The van der Waals surface area contributed by atoms with Crippen LogP contribution >= 0.6 is 0 Å². The summed E-state index contributed by atoms with van der Waals surface area (Å²) in [5.74, 6) is 0.559. The lowest BCUT2D eigenvalue weighted by Gasteiger charge is -2.35. The van der Waals surface area contributed by atoms with Gasteiger partial charge in [-0.1, -0.05) is 6.92 Å². The van der Waals surface area contributed by atoms with E-state index in [4.69, 9.17) is 9.47 Å². The monoisotopic (exact) mass is 523 g/mol. The minimum Gasteiger partial charge on any atom is -0.493 e. The van der Waals surface area contributed by atoms with Crippen LogP contribution in [0.1, 0.15) is 55.1 Å². The molecule has 3 unspecified atom stereocenters. The highest BCUT2D eigenvalue weighted by Gasteiger charge is 2.31. The fraction of sp³-hybridized carbons (Fsp3) is 0.500. The van der Waals surface area contributed by atoms with Gasteiger partial charge in [0.25, 0.3) is 5.91 Å². The second-order valence-corrected chi connectivity index (χ2v) is 10.5. The number of amides is 2. The van der Waals surface area contributed by atoms with Gasteiger partial charge >= 0.3 is 0 Å². The molecule has 38 heavy (non-hydrogen) atoms. The number of methoxy groups -OCH3 is 1. The summed E-state index contributed by atoms with van der Waals surface area (Å²) >= 11 is 0. The summed E-state index contributed by atoms with van der Waals surface area (Å²) in [4.78, 5) is 37.5. The van der Waals surface area contributed by atoms with Crippen LogP contribution < -0.4 is 15.4 Å². The van der Waals surface area contributed by atoms with Crippen molar-refractivity contribution in [2.24, 2.45) is 11.8 Å². The number of H-pyrrole nitrogens is 1. The van der Waals surface area contributed by atoms with E-state index in [-0.39, 0.29) is 36.4 Å². The third-order valence-electron chi connectivity index (χ3n) is 7.49. The molecule has 0 radical (unpaired) electrons. The van der Waals surface area contributed by atoms with Crippen molar-refractivity contribution in [1.82, 2.24) is 25.6 Å². The quantitative estimate of drug-likeness (QED) is 0.391. The van der Waals surface area contributed by atoms with Gasteiger partial charge < -0.3 is 25.1 Å². The van der Waals surface area contributed by atoms with Gasteiger partial charge in [0.05, 0.1) is 17.7 Å². The van der Waals surface area contributed by atoms with Gasteiger partial charge in [0.2, 0.25) is 5.91 Å². The Balaban J connectivity index is 1.35. The van der Waals surface area contributed by atoms with Gasteiger partial charge in [-0.05, 0) is 69.1 Å². The molecule has 2 aliphatic carbocycles. The topological polar surface area (TPSA) is 118 Å². The molecular formula is C28H34FN5O4. The molecule has 202 valence electrons. The Kier molecular flexibility index (Phi) is 7.60. The van der Waals surface area contributed by atoms with E-state index in [1.807, 2.05) is 6.92 Å². The van der Waals surface area contributed by atoms with Crippen molar-refractivity contribution in [2.45, 2.75) is 58.0 Å². The molecule has 3 atom stereocenters. The first-order valence-corrected chi connectivity index (χ1v) is 13.2. The van der Waals surface area contributed by atoms with Crippen molar-refractivity contribution in [2.75, 3.05) is 20.3 Å². The zero-order chi connectivity index (χ0) is 26.8. The Morgan fingerprint density at radius 2 is 1.97 bits per heavy atom. The van der Waals surface area contributed by atoms with Crippen molar-refractivity contribution in [3.8, 4) is 17.0 Å². The van der Waals surface area contributed by atoms with Crippen molar-refractivity contribution < 1.29 is 23.5 Å². The summed E-state index contributed by atoms with van der Waals surface area (Å²) in [7, 11) is 1.50. The molecule has 1 aromatic carbocycles. The Bertz CT molecular complexity index is 1340. The van der Waals surface area contributed by atoms with E-state index in [1.54, 1.807) is 6.07 Å². The fourth-order valence-electron chi connectivity index (χ4n) is 5.29. The number of hydrogen-bond donors (Lipinski definition) is 3. The van der Waals surface area contributed by atoms with Crippen molar-refractivity contribution in [3.63, 3.8) is 0 Å². The normalized spacial score (nSPS) is 21.3. The van der Waals surface area contributed by atoms with Gasteiger partial charge in [0.15, 0.2) is 0 Å². The Morgan fingerprint density at radius 3 is 2.71 bits per heavy atom.